The third-order valence-electron chi connectivity index (χ3n) is 4.09. The van der Waals surface area contributed by atoms with Crippen molar-refractivity contribution in [3.05, 3.63) is 0 Å². The molecule has 0 saturated heterocycles. The van der Waals surface area contributed by atoms with E-state index in [0.29, 0.717) is 5.92 Å². The van der Waals surface area contributed by atoms with Gasteiger partial charge >= 0.3 is 0 Å². The van der Waals surface area contributed by atoms with E-state index in [0.717, 1.165) is 51.4 Å². The summed E-state index contributed by atoms with van der Waals surface area (Å²) in [6.45, 7) is 0.196. The van der Waals surface area contributed by atoms with E-state index in [1.54, 1.807) is 0 Å². The minimum atomic E-state index is -3.19. The molecule has 4 nitrogen and oxygen atoms in total. The van der Waals surface area contributed by atoms with Gasteiger partial charge in [0, 0.05) is 6.54 Å². The minimum absolute atomic E-state index is 0.196. The predicted molar refractivity (Wildman–Crippen MR) is 67.2 cm³/mol. The summed E-state index contributed by atoms with van der Waals surface area (Å²) in [6, 6.07) is 0. The average Bonchev–Trinajstić information content (AvgIpc) is 2.23. The van der Waals surface area contributed by atoms with Crippen molar-refractivity contribution in [2.75, 3.05) is 12.3 Å². The Hall–Kier alpha value is -0.130. The molecule has 100 valence electrons. The van der Waals surface area contributed by atoms with Crippen molar-refractivity contribution in [1.82, 2.24) is 4.72 Å². The molecule has 2 N–H and O–H groups in total. The number of rotatable bonds is 5. The first-order valence-corrected chi connectivity index (χ1v) is 8.34. The second-order valence-electron chi connectivity index (χ2n) is 5.68. The topological polar surface area (TPSA) is 66.4 Å². The van der Waals surface area contributed by atoms with Crippen LogP contribution in [0.25, 0.3) is 0 Å². The molecule has 0 amide bonds. The Labute approximate surface area is 104 Å². The number of hydrogen-bond acceptors (Lipinski definition) is 3. The van der Waals surface area contributed by atoms with Gasteiger partial charge in [0.25, 0.3) is 0 Å². The molecule has 0 atom stereocenters. The lowest BCUT2D eigenvalue weighted by atomic mass is 9.85. The number of nitrogens with one attached hydrogen (secondary N) is 1. The molecule has 0 radical (unpaired) electrons. The summed E-state index contributed by atoms with van der Waals surface area (Å²) in [5.74, 6) is 0.580. The van der Waals surface area contributed by atoms with E-state index in [1.165, 1.54) is 0 Å². The molecule has 0 spiro atoms. The molecule has 2 rings (SSSR count). The highest BCUT2D eigenvalue weighted by atomic mass is 32.2. The van der Waals surface area contributed by atoms with Crippen molar-refractivity contribution in [2.45, 2.75) is 57.0 Å². The summed E-state index contributed by atoms with van der Waals surface area (Å²) < 4.78 is 26.2. The third-order valence-corrected chi connectivity index (χ3v) is 5.58. The van der Waals surface area contributed by atoms with E-state index >= 15 is 0 Å². The van der Waals surface area contributed by atoms with Gasteiger partial charge in [0.05, 0.1) is 11.4 Å². The highest BCUT2D eigenvalue weighted by Gasteiger charge is 2.31. The van der Waals surface area contributed by atoms with Crippen LogP contribution in [0.3, 0.4) is 0 Å². The fourth-order valence-corrected chi connectivity index (χ4v) is 4.22. The second-order valence-corrected chi connectivity index (χ2v) is 7.54. The highest BCUT2D eigenvalue weighted by molar-refractivity contribution is 7.89. The third kappa shape index (κ3) is 3.93. The van der Waals surface area contributed by atoms with Crippen LogP contribution in [0.15, 0.2) is 0 Å². The van der Waals surface area contributed by atoms with Gasteiger partial charge in [-0.2, -0.15) is 0 Å². The van der Waals surface area contributed by atoms with Gasteiger partial charge in [-0.1, -0.05) is 25.7 Å². The van der Waals surface area contributed by atoms with Crippen LogP contribution in [-0.4, -0.2) is 31.4 Å². The fourth-order valence-electron chi connectivity index (χ4n) is 2.66. The van der Waals surface area contributed by atoms with E-state index < -0.39 is 15.6 Å². The molecule has 0 aromatic rings. The van der Waals surface area contributed by atoms with Gasteiger partial charge in [0.15, 0.2) is 0 Å². The standard InChI is InChI=1S/C12H23NO3S/c14-12(7-2-1-3-8-12)10-13-17(15,16)9-11-5-4-6-11/h11,13-14H,1-10H2. The highest BCUT2D eigenvalue weighted by Crippen LogP contribution is 2.29. The molecular formula is C12H23NO3S. The average molecular weight is 261 g/mol. The molecule has 2 fully saturated rings. The van der Waals surface area contributed by atoms with Crippen molar-refractivity contribution in [3.8, 4) is 0 Å². The van der Waals surface area contributed by atoms with Crippen LogP contribution < -0.4 is 4.72 Å². The summed E-state index contributed by atoms with van der Waals surface area (Å²) in [7, 11) is -3.19. The number of hydrogen-bond donors (Lipinski definition) is 2. The molecule has 0 unspecified atom stereocenters. The summed E-state index contributed by atoms with van der Waals surface area (Å²) >= 11 is 0. The number of aliphatic hydroxyl groups is 1. The Kier molecular flexibility index (Phi) is 4.10. The second kappa shape index (κ2) is 5.24. The zero-order valence-corrected chi connectivity index (χ0v) is 11.1. The van der Waals surface area contributed by atoms with Gasteiger partial charge < -0.3 is 5.11 Å². The monoisotopic (exact) mass is 261 g/mol. The quantitative estimate of drug-likeness (QED) is 0.786. The van der Waals surface area contributed by atoms with Crippen LogP contribution in [0, 0.1) is 5.92 Å². The lowest BCUT2D eigenvalue weighted by molar-refractivity contribution is 0.00942. The van der Waals surface area contributed by atoms with Crippen molar-refractivity contribution >= 4 is 10.0 Å². The van der Waals surface area contributed by atoms with Crippen molar-refractivity contribution in [3.63, 3.8) is 0 Å². The first kappa shape index (κ1) is 13.3. The molecule has 0 heterocycles. The smallest absolute Gasteiger partial charge is 0.211 e. The zero-order valence-electron chi connectivity index (χ0n) is 10.3. The molecular weight excluding hydrogens is 238 g/mol. The van der Waals surface area contributed by atoms with Crippen LogP contribution in [0.1, 0.15) is 51.4 Å². The maximum Gasteiger partial charge on any atom is 0.211 e. The lowest BCUT2D eigenvalue weighted by Gasteiger charge is -2.32. The van der Waals surface area contributed by atoms with E-state index in [1.807, 2.05) is 0 Å². The van der Waals surface area contributed by atoms with Crippen LogP contribution >= 0.6 is 0 Å². The molecule has 0 aromatic carbocycles. The minimum Gasteiger partial charge on any atom is -0.389 e. The van der Waals surface area contributed by atoms with Crippen molar-refractivity contribution < 1.29 is 13.5 Å². The summed E-state index contributed by atoms with van der Waals surface area (Å²) in [5.41, 5.74) is -0.801. The Morgan fingerprint density at radius 3 is 2.29 bits per heavy atom. The Morgan fingerprint density at radius 1 is 1.12 bits per heavy atom. The van der Waals surface area contributed by atoms with Crippen LogP contribution in [-0.2, 0) is 10.0 Å². The molecule has 17 heavy (non-hydrogen) atoms. The van der Waals surface area contributed by atoms with Crippen LogP contribution in [0.5, 0.6) is 0 Å². The SMILES string of the molecule is O=S(=O)(CC1CCC1)NCC1(O)CCCCC1. The van der Waals surface area contributed by atoms with E-state index in [4.69, 9.17) is 0 Å². The van der Waals surface area contributed by atoms with Gasteiger partial charge in [-0.25, -0.2) is 13.1 Å². The van der Waals surface area contributed by atoms with Gasteiger partial charge in [-0.15, -0.1) is 0 Å². The van der Waals surface area contributed by atoms with Crippen LogP contribution in [0.4, 0.5) is 0 Å². The molecule has 0 aliphatic heterocycles. The van der Waals surface area contributed by atoms with Crippen molar-refractivity contribution in [2.24, 2.45) is 5.92 Å². The molecule has 0 bridgehead atoms. The summed E-state index contributed by atoms with van der Waals surface area (Å²) in [6.07, 6.45) is 7.82. The normalized spacial score (nSPS) is 25.5. The summed E-state index contributed by atoms with van der Waals surface area (Å²) in [4.78, 5) is 0. The Morgan fingerprint density at radius 2 is 1.76 bits per heavy atom. The first-order valence-electron chi connectivity index (χ1n) is 6.69. The predicted octanol–water partition coefficient (Wildman–Crippen LogP) is 1.40. The lowest BCUT2D eigenvalue weighted by Crippen LogP contribution is -2.45. The van der Waals surface area contributed by atoms with E-state index in [9.17, 15) is 13.5 Å². The molecule has 2 aliphatic rings. The first-order chi connectivity index (χ1) is 7.99. The molecule has 2 aliphatic carbocycles. The van der Waals surface area contributed by atoms with Gasteiger partial charge in [-0.3, -0.25) is 0 Å². The molecule has 0 aromatic heterocycles. The maximum atomic E-state index is 11.8. The van der Waals surface area contributed by atoms with E-state index in [2.05, 4.69) is 4.72 Å². The van der Waals surface area contributed by atoms with Crippen molar-refractivity contribution in [1.29, 1.82) is 0 Å². The van der Waals surface area contributed by atoms with Gasteiger partial charge in [-0.05, 0) is 31.6 Å². The number of sulfonamides is 1. The molecule has 2 saturated carbocycles. The van der Waals surface area contributed by atoms with Gasteiger partial charge in [0.2, 0.25) is 10.0 Å². The largest absolute Gasteiger partial charge is 0.389 e. The summed E-state index contributed by atoms with van der Waals surface area (Å²) in [5, 5.41) is 10.2. The Bertz CT molecular complexity index is 343. The van der Waals surface area contributed by atoms with Crippen LogP contribution in [0.2, 0.25) is 0 Å². The Balaban J connectivity index is 1.79. The molecule has 5 heteroatoms. The fraction of sp³-hybridized carbons (Fsp3) is 1.00. The maximum absolute atomic E-state index is 11.8. The van der Waals surface area contributed by atoms with E-state index in [-0.39, 0.29) is 12.3 Å². The van der Waals surface area contributed by atoms with Gasteiger partial charge in [0.1, 0.15) is 0 Å². The zero-order chi connectivity index (χ0) is 12.4.